The van der Waals surface area contributed by atoms with Gasteiger partial charge in [-0.1, -0.05) is 0 Å². The van der Waals surface area contributed by atoms with E-state index in [2.05, 4.69) is 5.32 Å². The fourth-order valence-corrected chi connectivity index (χ4v) is 4.26. The van der Waals surface area contributed by atoms with E-state index in [1.165, 1.54) is 4.31 Å². The maximum atomic E-state index is 12.2. The molecule has 3 rings (SSSR count). The fourth-order valence-electron chi connectivity index (χ4n) is 2.70. The van der Waals surface area contributed by atoms with Crippen molar-refractivity contribution in [3.05, 3.63) is 47.4 Å². The molecule has 1 fully saturated rings. The van der Waals surface area contributed by atoms with Crippen LogP contribution in [0.3, 0.4) is 0 Å². The van der Waals surface area contributed by atoms with Crippen molar-refractivity contribution in [1.29, 1.82) is 0 Å². The van der Waals surface area contributed by atoms with Gasteiger partial charge in [0.05, 0.1) is 17.0 Å². The summed E-state index contributed by atoms with van der Waals surface area (Å²) in [6, 6.07) is 8.49. The van der Waals surface area contributed by atoms with E-state index in [-0.39, 0.29) is 11.7 Å². The van der Waals surface area contributed by atoms with Crippen LogP contribution in [0.2, 0.25) is 0 Å². The van der Waals surface area contributed by atoms with Crippen LogP contribution in [0, 0.1) is 13.8 Å². The normalized spacial score (nSPS) is 16.5. The summed E-state index contributed by atoms with van der Waals surface area (Å²) in [5, 5.41) is 2.78. The van der Waals surface area contributed by atoms with Gasteiger partial charge in [-0.25, -0.2) is 8.42 Å². The van der Waals surface area contributed by atoms with Crippen molar-refractivity contribution >= 4 is 27.3 Å². The van der Waals surface area contributed by atoms with Gasteiger partial charge in [0.25, 0.3) is 5.91 Å². The Morgan fingerprint density at radius 1 is 1.22 bits per heavy atom. The molecule has 6 nitrogen and oxygen atoms in total. The summed E-state index contributed by atoms with van der Waals surface area (Å²) < 4.78 is 30.5. The van der Waals surface area contributed by atoms with Gasteiger partial charge in [-0.2, -0.15) is 0 Å². The molecular weight excluding hydrogens is 316 g/mol. The molecule has 0 aliphatic carbocycles. The van der Waals surface area contributed by atoms with Gasteiger partial charge < -0.3 is 9.73 Å². The van der Waals surface area contributed by atoms with Gasteiger partial charge >= 0.3 is 0 Å². The van der Waals surface area contributed by atoms with E-state index in [4.69, 9.17) is 4.42 Å². The van der Waals surface area contributed by atoms with Crippen LogP contribution in [-0.2, 0) is 10.0 Å². The number of sulfonamides is 1. The third-order valence-corrected chi connectivity index (χ3v) is 5.67. The molecule has 0 bridgehead atoms. The van der Waals surface area contributed by atoms with Gasteiger partial charge in [-0.05, 0) is 50.6 Å². The van der Waals surface area contributed by atoms with Gasteiger partial charge in [-0.15, -0.1) is 0 Å². The number of amides is 1. The van der Waals surface area contributed by atoms with E-state index in [0.717, 1.165) is 0 Å². The van der Waals surface area contributed by atoms with Crippen LogP contribution in [0.15, 0.2) is 34.7 Å². The minimum absolute atomic E-state index is 0.185. The molecular formula is C16H18N2O4S. The van der Waals surface area contributed by atoms with Crippen LogP contribution in [0.4, 0.5) is 11.4 Å². The van der Waals surface area contributed by atoms with Crippen molar-refractivity contribution in [2.45, 2.75) is 20.3 Å². The number of rotatable bonds is 3. The Labute approximate surface area is 135 Å². The largest absolute Gasteiger partial charge is 0.466 e. The second-order valence-corrected chi connectivity index (χ2v) is 7.58. The van der Waals surface area contributed by atoms with Crippen LogP contribution in [0.25, 0.3) is 0 Å². The van der Waals surface area contributed by atoms with Crippen molar-refractivity contribution in [3.63, 3.8) is 0 Å². The fraction of sp³-hybridized carbons (Fsp3) is 0.312. The number of carbonyl (C=O) groups excluding carboxylic acids is 1. The molecule has 2 heterocycles. The molecule has 1 aliphatic rings. The lowest BCUT2D eigenvalue weighted by Gasteiger charge is -2.17. The summed E-state index contributed by atoms with van der Waals surface area (Å²) >= 11 is 0. The number of hydrogen-bond acceptors (Lipinski definition) is 4. The van der Waals surface area contributed by atoms with Crippen LogP contribution < -0.4 is 9.62 Å². The smallest absolute Gasteiger partial charge is 0.259 e. The van der Waals surface area contributed by atoms with E-state index in [1.807, 2.05) is 0 Å². The van der Waals surface area contributed by atoms with Crippen LogP contribution >= 0.6 is 0 Å². The highest BCUT2D eigenvalue weighted by Gasteiger charge is 2.28. The number of aryl methyl sites for hydroxylation is 2. The van der Waals surface area contributed by atoms with Crippen molar-refractivity contribution in [2.75, 3.05) is 21.9 Å². The number of carbonyl (C=O) groups is 1. The summed E-state index contributed by atoms with van der Waals surface area (Å²) in [6.45, 7) is 4.03. The molecule has 1 amide bonds. The lowest BCUT2D eigenvalue weighted by molar-refractivity contribution is 0.102. The molecule has 7 heteroatoms. The number of nitrogens with one attached hydrogen (secondary N) is 1. The average molecular weight is 334 g/mol. The molecule has 0 atom stereocenters. The lowest BCUT2D eigenvalue weighted by atomic mass is 10.2. The minimum Gasteiger partial charge on any atom is -0.466 e. The Kier molecular flexibility index (Phi) is 3.89. The molecule has 0 unspecified atom stereocenters. The topological polar surface area (TPSA) is 79.6 Å². The molecule has 1 N–H and O–H groups in total. The standard InChI is InChI=1S/C16H18N2O4S/c1-11-10-15(12(2)22-11)16(19)17-13-4-6-14(7-5-13)18-8-3-9-23(18,20)21/h4-7,10H,3,8-9H2,1-2H3,(H,17,19). The first-order valence-corrected chi connectivity index (χ1v) is 8.96. The van der Waals surface area contributed by atoms with Crippen LogP contribution in [0.1, 0.15) is 28.3 Å². The summed E-state index contributed by atoms with van der Waals surface area (Å²) in [6.07, 6.45) is 0.639. The van der Waals surface area contributed by atoms with Crippen molar-refractivity contribution in [3.8, 4) is 0 Å². The minimum atomic E-state index is -3.19. The molecule has 23 heavy (non-hydrogen) atoms. The zero-order valence-electron chi connectivity index (χ0n) is 13.0. The van der Waals surface area contributed by atoms with Crippen LogP contribution in [-0.4, -0.2) is 26.6 Å². The first kappa shape index (κ1) is 15.6. The second-order valence-electron chi connectivity index (χ2n) is 5.57. The van der Waals surface area contributed by atoms with Gasteiger partial charge in [0.15, 0.2) is 0 Å². The van der Waals surface area contributed by atoms with Crippen molar-refractivity contribution in [2.24, 2.45) is 0 Å². The lowest BCUT2D eigenvalue weighted by Crippen LogP contribution is -2.25. The third kappa shape index (κ3) is 3.10. The molecule has 2 aromatic rings. The highest BCUT2D eigenvalue weighted by Crippen LogP contribution is 2.25. The quantitative estimate of drug-likeness (QED) is 0.936. The van der Waals surface area contributed by atoms with Crippen LogP contribution in [0.5, 0.6) is 0 Å². The summed E-state index contributed by atoms with van der Waals surface area (Å²) in [5.74, 6) is 1.19. The molecule has 1 saturated heterocycles. The molecule has 1 aromatic carbocycles. The highest BCUT2D eigenvalue weighted by molar-refractivity contribution is 7.93. The number of anilines is 2. The zero-order valence-corrected chi connectivity index (χ0v) is 13.8. The van der Waals surface area contributed by atoms with Gasteiger partial charge in [-0.3, -0.25) is 9.10 Å². The maximum Gasteiger partial charge on any atom is 0.259 e. The van der Waals surface area contributed by atoms with E-state index >= 15 is 0 Å². The highest BCUT2D eigenvalue weighted by atomic mass is 32.2. The van der Waals surface area contributed by atoms with Gasteiger partial charge in [0, 0.05) is 12.2 Å². The monoisotopic (exact) mass is 334 g/mol. The molecule has 1 aromatic heterocycles. The maximum absolute atomic E-state index is 12.2. The van der Waals surface area contributed by atoms with E-state index in [1.54, 1.807) is 44.2 Å². The molecule has 122 valence electrons. The second kappa shape index (κ2) is 5.73. The predicted molar refractivity (Wildman–Crippen MR) is 88.3 cm³/mol. The number of benzene rings is 1. The van der Waals surface area contributed by atoms with E-state index in [9.17, 15) is 13.2 Å². The molecule has 0 spiro atoms. The Balaban J connectivity index is 1.75. The van der Waals surface area contributed by atoms with Crippen molar-refractivity contribution < 1.29 is 17.6 Å². The molecule has 0 radical (unpaired) electrons. The van der Waals surface area contributed by atoms with Gasteiger partial charge in [0.2, 0.25) is 10.0 Å². The average Bonchev–Trinajstić information content (AvgIpc) is 3.01. The zero-order chi connectivity index (χ0) is 16.6. The Morgan fingerprint density at radius 3 is 2.43 bits per heavy atom. The summed E-state index contributed by atoms with van der Waals surface area (Å²) in [7, 11) is -3.19. The van der Waals surface area contributed by atoms with E-state index in [0.29, 0.717) is 41.4 Å². The Hall–Kier alpha value is -2.28. The molecule has 1 aliphatic heterocycles. The SMILES string of the molecule is Cc1cc(C(=O)Nc2ccc(N3CCCS3(=O)=O)cc2)c(C)o1. The van der Waals surface area contributed by atoms with Gasteiger partial charge in [0.1, 0.15) is 11.5 Å². The third-order valence-electron chi connectivity index (χ3n) is 3.80. The van der Waals surface area contributed by atoms with E-state index < -0.39 is 10.0 Å². The predicted octanol–water partition coefficient (Wildman–Crippen LogP) is 2.69. The van der Waals surface area contributed by atoms with Crippen molar-refractivity contribution in [1.82, 2.24) is 0 Å². The number of nitrogens with zero attached hydrogens (tertiary/aromatic N) is 1. The Bertz CT molecular complexity index is 837. The summed E-state index contributed by atoms with van der Waals surface area (Å²) in [4.78, 5) is 12.2. The number of furan rings is 1. The number of hydrogen-bond donors (Lipinski definition) is 1. The first-order chi connectivity index (χ1) is 10.9. The first-order valence-electron chi connectivity index (χ1n) is 7.36. The Morgan fingerprint density at radius 2 is 1.91 bits per heavy atom. The summed E-state index contributed by atoms with van der Waals surface area (Å²) in [5.41, 5.74) is 1.72. The molecule has 0 saturated carbocycles.